The van der Waals surface area contributed by atoms with Crippen LogP contribution in [0.3, 0.4) is 0 Å². The van der Waals surface area contributed by atoms with Crippen molar-refractivity contribution in [2.24, 2.45) is 0 Å². The molecule has 0 saturated heterocycles. The smallest absolute Gasteiger partial charge is 0.273 e. The van der Waals surface area contributed by atoms with E-state index in [9.17, 15) is 9.90 Å². The van der Waals surface area contributed by atoms with E-state index in [1.54, 1.807) is 13.0 Å². The topological polar surface area (TPSA) is 84.6 Å². The van der Waals surface area contributed by atoms with E-state index in [1.807, 2.05) is 30.3 Å². The molecule has 128 valence electrons. The number of nitrogens with one attached hydrogen (secondary N) is 1. The van der Waals surface area contributed by atoms with Crippen LogP contribution in [-0.4, -0.2) is 34.4 Å². The van der Waals surface area contributed by atoms with Crippen LogP contribution >= 0.6 is 0 Å². The molecule has 6 nitrogen and oxygen atoms in total. The lowest BCUT2D eigenvalue weighted by Crippen LogP contribution is -2.49. The molecule has 3 atom stereocenters. The molecular weight excluding hydrogens is 308 g/mol. The summed E-state index contributed by atoms with van der Waals surface area (Å²) in [6.45, 7) is 1.73. The molecule has 1 heterocycles. The first-order chi connectivity index (χ1) is 11.6. The second-order valence-corrected chi connectivity index (χ2v) is 6.15. The van der Waals surface area contributed by atoms with Gasteiger partial charge in [0.2, 0.25) is 0 Å². The molecule has 0 aliphatic heterocycles. The molecule has 1 aliphatic carbocycles. The van der Waals surface area contributed by atoms with Crippen LogP contribution in [0.5, 0.6) is 5.75 Å². The average Bonchev–Trinajstić information content (AvgIpc) is 2.96. The van der Waals surface area contributed by atoms with Crippen molar-refractivity contribution in [3.63, 3.8) is 0 Å². The van der Waals surface area contributed by atoms with Crippen LogP contribution in [0.4, 0.5) is 0 Å². The number of aliphatic hydroxyl groups is 1. The molecule has 6 heteroatoms. The van der Waals surface area contributed by atoms with Gasteiger partial charge < -0.3 is 19.7 Å². The largest absolute Gasteiger partial charge is 0.488 e. The number of aromatic nitrogens is 1. The van der Waals surface area contributed by atoms with Crippen molar-refractivity contribution in [2.75, 3.05) is 0 Å². The minimum Gasteiger partial charge on any atom is -0.488 e. The van der Waals surface area contributed by atoms with Gasteiger partial charge in [0.05, 0.1) is 6.04 Å². The zero-order valence-corrected chi connectivity index (χ0v) is 13.6. The number of amides is 1. The standard InChI is InChI=1S/C18H22N2O4/c1-12-11-15(20-24-12)18(22)19-14-9-5-6-10-16(17(14)21)23-13-7-3-2-4-8-13/h2-4,7-8,11,14,16-17,21H,5-6,9-10H2,1H3,(H,19,22)/t14-,16-,17-/m1/s1. The number of para-hydroxylation sites is 1. The van der Waals surface area contributed by atoms with Crippen molar-refractivity contribution in [2.45, 2.75) is 50.9 Å². The number of aliphatic hydroxyl groups excluding tert-OH is 1. The van der Waals surface area contributed by atoms with Crippen LogP contribution in [-0.2, 0) is 0 Å². The molecule has 0 spiro atoms. The molecule has 0 radical (unpaired) electrons. The minimum absolute atomic E-state index is 0.226. The molecular formula is C18H22N2O4. The van der Waals surface area contributed by atoms with E-state index in [-0.39, 0.29) is 23.7 Å². The number of nitrogens with zero attached hydrogens (tertiary/aromatic N) is 1. The van der Waals surface area contributed by atoms with Crippen molar-refractivity contribution >= 4 is 5.91 Å². The quantitative estimate of drug-likeness (QED) is 0.841. The molecule has 1 fully saturated rings. The fraction of sp³-hybridized carbons (Fsp3) is 0.444. The molecule has 2 aromatic rings. The van der Waals surface area contributed by atoms with Crippen molar-refractivity contribution < 1.29 is 19.2 Å². The van der Waals surface area contributed by atoms with E-state index >= 15 is 0 Å². The molecule has 1 aliphatic rings. The maximum absolute atomic E-state index is 12.3. The summed E-state index contributed by atoms with van der Waals surface area (Å²) >= 11 is 0. The zero-order chi connectivity index (χ0) is 16.9. The van der Waals surface area contributed by atoms with Gasteiger partial charge in [-0.1, -0.05) is 29.8 Å². The van der Waals surface area contributed by atoms with Crippen LogP contribution in [0.15, 0.2) is 40.9 Å². The van der Waals surface area contributed by atoms with Gasteiger partial charge in [0.25, 0.3) is 5.91 Å². The number of carbonyl (C=O) groups is 1. The average molecular weight is 330 g/mol. The van der Waals surface area contributed by atoms with Gasteiger partial charge in [-0.05, 0) is 38.3 Å². The number of aryl methyl sites for hydroxylation is 1. The van der Waals surface area contributed by atoms with Gasteiger partial charge in [-0.25, -0.2) is 0 Å². The minimum atomic E-state index is -0.773. The molecule has 2 N–H and O–H groups in total. The van der Waals surface area contributed by atoms with E-state index in [0.29, 0.717) is 12.2 Å². The van der Waals surface area contributed by atoms with Crippen molar-refractivity contribution in [1.29, 1.82) is 0 Å². The number of hydrogen-bond donors (Lipinski definition) is 2. The predicted molar refractivity (Wildman–Crippen MR) is 87.8 cm³/mol. The molecule has 0 unspecified atom stereocenters. The number of ether oxygens (including phenoxy) is 1. The first-order valence-corrected chi connectivity index (χ1v) is 8.27. The van der Waals surface area contributed by atoms with Crippen LogP contribution < -0.4 is 10.1 Å². The third-order valence-electron chi connectivity index (χ3n) is 4.25. The lowest BCUT2D eigenvalue weighted by atomic mass is 10.0. The molecule has 1 aromatic carbocycles. The Hall–Kier alpha value is -2.34. The van der Waals surface area contributed by atoms with Crippen LogP contribution in [0.1, 0.15) is 41.9 Å². The zero-order valence-electron chi connectivity index (χ0n) is 13.6. The van der Waals surface area contributed by atoms with E-state index in [0.717, 1.165) is 25.0 Å². The third kappa shape index (κ3) is 3.94. The van der Waals surface area contributed by atoms with Crippen LogP contribution in [0.25, 0.3) is 0 Å². The van der Waals surface area contributed by atoms with E-state index < -0.39 is 6.10 Å². The monoisotopic (exact) mass is 330 g/mol. The fourth-order valence-corrected chi connectivity index (χ4v) is 2.99. The van der Waals surface area contributed by atoms with Gasteiger partial charge in [-0.2, -0.15) is 0 Å². The lowest BCUT2D eigenvalue weighted by Gasteiger charge is -2.28. The van der Waals surface area contributed by atoms with E-state index in [2.05, 4.69) is 10.5 Å². The summed E-state index contributed by atoms with van der Waals surface area (Å²) < 4.78 is 10.9. The Morgan fingerprint density at radius 3 is 2.75 bits per heavy atom. The van der Waals surface area contributed by atoms with Crippen LogP contribution in [0.2, 0.25) is 0 Å². The predicted octanol–water partition coefficient (Wildman–Crippen LogP) is 2.46. The Labute approximate surface area is 140 Å². The number of rotatable bonds is 4. The molecule has 1 aromatic heterocycles. The Morgan fingerprint density at radius 2 is 2.04 bits per heavy atom. The van der Waals surface area contributed by atoms with Gasteiger partial charge in [0, 0.05) is 6.07 Å². The molecule has 24 heavy (non-hydrogen) atoms. The molecule has 0 bridgehead atoms. The second-order valence-electron chi connectivity index (χ2n) is 6.15. The van der Waals surface area contributed by atoms with Gasteiger partial charge in [0.1, 0.15) is 23.7 Å². The highest BCUT2D eigenvalue weighted by Crippen LogP contribution is 2.24. The van der Waals surface area contributed by atoms with Gasteiger partial charge in [0.15, 0.2) is 5.69 Å². The summed E-state index contributed by atoms with van der Waals surface area (Å²) in [4.78, 5) is 12.3. The van der Waals surface area contributed by atoms with Crippen molar-refractivity contribution in [1.82, 2.24) is 10.5 Å². The normalized spacial score (nSPS) is 24.2. The van der Waals surface area contributed by atoms with Crippen molar-refractivity contribution in [3.05, 3.63) is 47.9 Å². The maximum atomic E-state index is 12.3. The maximum Gasteiger partial charge on any atom is 0.273 e. The number of carbonyl (C=O) groups excluding carboxylic acids is 1. The summed E-state index contributed by atoms with van der Waals surface area (Å²) in [7, 11) is 0. The number of hydrogen-bond acceptors (Lipinski definition) is 5. The van der Waals surface area contributed by atoms with Crippen molar-refractivity contribution in [3.8, 4) is 5.75 Å². The summed E-state index contributed by atoms with van der Waals surface area (Å²) in [5.41, 5.74) is 0.226. The molecule has 1 amide bonds. The molecule has 3 rings (SSSR count). The summed E-state index contributed by atoms with van der Waals surface area (Å²) in [5.74, 6) is 0.962. The van der Waals surface area contributed by atoms with E-state index in [1.165, 1.54) is 0 Å². The Morgan fingerprint density at radius 1 is 1.29 bits per heavy atom. The molecule has 1 saturated carbocycles. The van der Waals surface area contributed by atoms with Crippen LogP contribution in [0, 0.1) is 6.92 Å². The summed E-state index contributed by atoms with van der Waals surface area (Å²) in [6.07, 6.45) is 2.21. The Kier molecular flexibility index (Phi) is 5.15. The number of benzene rings is 1. The Bertz CT molecular complexity index is 671. The van der Waals surface area contributed by atoms with Gasteiger partial charge >= 0.3 is 0 Å². The Balaban J connectivity index is 1.67. The second kappa shape index (κ2) is 7.49. The summed E-state index contributed by atoms with van der Waals surface area (Å²) in [6, 6.07) is 10.6. The fourth-order valence-electron chi connectivity index (χ4n) is 2.99. The highest BCUT2D eigenvalue weighted by Gasteiger charge is 2.33. The lowest BCUT2D eigenvalue weighted by molar-refractivity contribution is 0.0128. The third-order valence-corrected chi connectivity index (χ3v) is 4.25. The highest BCUT2D eigenvalue weighted by molar-refractivity contribution is 5.92. The highest BCUT2D eigenvalue weighted by atomic mass is 16.5. The van der Waals surface area contributed by atoms with E-state index in [4.69, 9.17) is 9.26 Å². The first-order valence-electron chi connectivity index (χ1n) is 8.27. The SMILES string of the molecule is Cc1cc(C(=O)N[C@@H]2CCCC[C@@H](Oc3ccccc3)[C@@H]2O)no1. The summed E-state index contributed by atoms with van der Waals surface area (Å²) in [5, 5.41) is 17.3. The first kappa shape index (κ1) is 16.5. The van der Waals surface area contributed by atoms with Gasteiger partial charge in [-0.15, -0.1) is 0 Å². The van der Waals surface area contributed by atoms with Gasteiger partial charge in [-0.3, -0.25) is 4.79 Å².